The molecular formula is C30H37BO4Si. The molecule has 0 amide bonds. The lowest BCUT2D eigenvalue weighted by Crippen LogP contribution is -2.59. The van der Waals surface area contributed by atoms with Gasteiger partial charge in [-0.1, -0.05) is 118 Å². The van der Waals surface area contributed by atoms with Gasteiger partial charge in [-0.15, -0.1) is 0 Å². The van der Waals surface area contributed by atoms with Crippen LogP contribution in [0.25, 0.3) is 0 Å². The highest BCUT2D eigenvalue weighted by Gasteiger charge is 2.78. The van der Waals surface area contributed by atoms with Gasteiger partial charge < -0.3 is 9.47 Å². The molecule has 2 heterocycles. The average molecular weight is 501 g/mol. The Morgan fingerprint density at radius 3 is 1.56 bits per heavy atom. The number of benzene rings is 2. The van der Waals surface area contributed by atoms with E-state index < -0.39 is 30.1 Å². The first kappa shape index (κ1) is 26.2. The molecule has 0 aromatic heterocycles. The number of hydrogen-bond acceptors (Lipinski definition) is 4. The molecule has 2 aromatic carbocycles. The third-order valence-corrected chi connectivity index (χ3v) is 14.4. The van der Waals surface area contributed by atoms with Crippen molar-refractivity contribution in [3.05, 3.63) is 94.0 Å². The zero-order valence-electron chi connectivity index (χ0n) is 22.6. The van der Waals surface area contributed by atoms with E-state index >= 15 is 0 Å². The fourth-order valence-corrected chi connectivity index (χ4v) is 14.0. The molecule has 0 unspecified atom stereocenters. The third-order valence-electron chi connectivity index (χ3n) is 9.00. The lowest BCUT2D eigenvalue weighted by Gasteiger charge is -2.46. The summed E-state index contributed by atoms with van der Waals surface area (Å²) in [6.45, 7) is 11.6. The minimum atomic E-state index is -2.69. The van der Waals surface area contributed by atoms with Crippen molar-refractivity contribution < 1.29 is 19.1 Å². The van der Waals surface area contributed by atoms with Crippen molar-refractivity contribution in [2.45, 2.75) is 63.0 Å². The Morgan fingerprint density at radius 2 is 1.17 bits per heavy atom. The second-order valence-electron chi connectivity index (χ2n) is 10.3. The van der Waals surface area contributed by atoms with Gasteiger partial charge in [0.05, 0.1) is 33.4 Å². The fourth-order valence-electron chi connectivity index (χ4n) is 7.84. The summed E-state index contributed by atoms with van der Waals surface area (Å²) in [5.74, 6) is -0.872. The van der Waals surface area contributed by atoms with Gasteiger partial charge >= 0.3 is 11.9 Å². The molecule has 0 spiro atoms. The van der Waals surface area contributed by atoms with Crippen molar-refractivity contribution >= 4 is 26.7 Å². The molecule has 4 nitrogen and oxygen atoms in total. The van der Waals surface area contributed by atoms with Gasteiger partial charge in [-0.2, -0.15) is 0 Å². The predicted molar refractivity (Wildman–Crippen MR) is 149 cm³/mol. The normalized spacial score (nSPS) is 24.2. The number of methoxy groups -OCH3 is 2. The lowest BCUT2D eigenvalue weighted by molar-refractivity contribution is -0.139. The molecule has 0 N–H and O–H groups in total. The minimum absolute atomic E-state index is 0.274. The maximum absolute atomic E-state index is 13.9. The third kappa shape index (κ3) is 3.00. The minimum Gasteiger partial charge on any atom is -0.466 e. The predicted octanol–water partition coefficient (Wildman–Crippen LogP) is 6.10. The first-order valence-electron chi connectivity index (χ1n) is 13.0. The van der Waals surface area contributed by atoms with E-state index in [2.05, 4.69) is 58.1 Å². The highest BCUT2D eigenvalue weighted by molar-refractivity contribution is 6.92. The molecule has 4 rings (SSSR count). The maximum Gasteiger partial charge on any atom is 0.335 e. The smallest absolute Gasteiger partial charge is 0.335 e. The van der Waals surface area contributed by atoms with Gasteiger partial charge in [0.1, 0.15) is 0 Å². The van der Waals surface area contributed by atoms with Crippen LogP contribution in [0.4, 0.5) is 0 Å². The summed E-state index contributed by atoms with van der Waals surface area (Å²) >= 11 is 0. The van der Waals surface area contributed by atoms with Gasteiger partial charge in [-0.25, -0.2) is 9.59 Å². The van der Waals surface area contributed by atoms with E-state index in [-0.39, 0.29) is 6.71 Å². The summed E-state index contributed by atoms with van der Waals surface area (Å²) in [5.41, 5.74) is 5.73. The van der Waals surface area contributed by atoms with Gasteiger partial charge in [-0.05, 0) is 17.5 Å². The standard InChI is InChI=1S/C30H37BO4Si/c1-8-23-26(31(9-2)10-3)30(22-19-15-12-16-20-22)25(28(33)35-5)24(27(32)34-4)29(23,36(30,6)7)21-17-13-11-14-18-21/h11-20H,8-10H2,1-7H3/t29-,30-/m1/s1. The summed E-state index contributed by atoms with van der Waals surface area (Å²) in [6.07, 6.45) is 2.71. The van der Waals surface area contributed by atoms with Crippen molar-refractivity contribution in [2.24, 2.45) is 0 Å². The quantitative estimate of drug-likeness (QED) is 0.325. The molecule has 2 atom stereocenters. The van der Waals surface area contributed by atoms with Crippen LogP contribution in [-0.4, -0.2) is 40.9 Å². The van der Waals surface area contributed by atoms with Gasteiger partial charge in [0.25, 0.3) is 0 Å². The van der Waals surface area contributed by atoms with Crippen LogP contribution in [0.5, 0.6) is 0 Å². The Balaban J connectivity index is 2.36. The summed E-state index contributed by atoms with van der Waals surface area (Å²) in [7, 11) is 0.135. The topological polar surface area (TPSA) is 52.6 Å². The number of carbonyl (C=O) groups excluding carboxylic acids is 2. The van der Waals surface area contributed by atoms with Gasteiger partial charge in [0, 0.05) is 10.1 Å². The number of carbonyl (C=O) groups is 2. The van der Waals surface area contributed by atoms with E-state index in [1.807, 2.05) is 36.4 Å². The molecule has 0 radical (unpaired) electrons. The molecule has 2 aliphatic heterocycles. The number of allylic oxidation sites excluding steroid dienone is 2. The molecule has 188 valence electrons. The monoisotopic (exact) mass is 500 g/mol. The number of rotatable bonds is 8. The zero-order valence-corrected chi connectivity index (χ0v) is 23.6. The van der Waals surface area contributed by atoms with Crippen LogP contribution in [0, 0.1) is 0 Å². The number of ether oxygens (including phenoxy) is 2. The number of fused-ring (bicyclic) bond motifs is 2. The molecule has 0 aliphatic carbocycles. The molecule has 2 aliphatic rings. The molecule has 0 saturated heterocycles. The summed E-state index contributed by atoms with van der Waals surface area (Å²) < 4.78 is 11.0. The second-order valence-corrected chi connectivity index (χ2v) is 15.1. The molecular weight excluding hydrogens is 463 g/mol. The summed E-state index contributed by atoms with van der Waals surface area (Å²) in [4.78, 5) is 27.8. The Bertz CT molecular complexity index is 1230. The molecule has 2 bridgehead atoms. The molecule has 0 fully saturated rings. The second kappa shape index (κ2) is 9.55. The van der Waals surface area contributed by atoms with E-state index in [0.717, 1.165) is 30.2 Å². The van der Waals surface area contributed by atoms with E-state index in [9.17, 15) is 9.59 Å². The van der Waals surface area contributed by atoms with Crippen LogP contribution in [0.2, 0.25) is 25.7 Å². The molecule has 0 saturated carbocycles. The Hall–Kier alpha value is -2.86. The van der Waals surface area contributed by atoms with Crippen LogP contribution in [-0.2, 0) is 29.1 Å². The Labute approximate surface area is 216 Å². The Kier molecular flexibility index (Phi) is 6.95. The van der Waals surface area contributed by atoms with E-state index in [1.54, 1.807) is 0 Å². The lowest BCUT2D eigenvalue weighted by atomic mass is 9.35. The van der Waals surface area contributed by atoms with E-state index in [1.165, 1.54) is 25.3 Å². The van der Waals surface area contributed by atoms with Crippen LogP contribution >= 0.6 is 0 Å². The van der Waals surface area contributed by atoms with Crippen molar-refractivity contribution in [1.29, 1.82) is 0 Å². The SMILES string of the molecule is CCB(CC)C1=C(CC)[C@]2(c3ccccc3)C(C(=O)OC)=C(C(=O)OC)[C@@]1(c1ccccc1)[Si]2(C)C. The van der Waals surface area contributed by atoms with Crippen LogP contribution < -0.4 is 0 Å². The Morgan fingerprint density at radius 1 is 0.750 bits per heavy atom. The largest absolute Gasteiger partial charge is 0.466 e. The molecule has 6 heteroatoms. The van der Waals surface area contributed by atoms with Gasteiger partial charge in [-0.3, -0.25) is 0 Å². The molecule has 36 heavy (non-hydrogen) atoms. The van der Waals surface area contributed by atoms with Crippen molar-refractivity contribution in [3.63, 3.8) is 0 Å². The average Bonchev–Trinajstić information content (AvgIpc) is 3.22. The first-order chi connectivity index (χ1) is 17.3. The van der Waals surface area contributed by atoms with E-state index in [4.69, 9.17) is 9.47 Å². The summed E-state index contributed by atoms with van der Waals surface area (Å²) in [5, 5.41) is -1.41. The molecule has 2 aromatic rings. The zero-order chi connectivity index (χ0) is 26.3. The van der Waals surface area contributed by atoms with Gasteiger partial charge in [0.2, 0.25) is 0 Å². The fraction of sp³-hybridized carbons (Fsp3) is 0.400. The van der Waals surface area contributed by atoms with Gasteiger partial charge in [0.15, 0.2) is 6.71 Å². The maximum atomic E-state index is 13.9. The van der Waals surface area contributed by atoms with Crippen LogP contribution in [0.15, 0.2) is 82.9 Å². The van der Waals surface area contributed by atoms with Crippen molar-refractivity contribution in [1.82, 2.24) is 0 Å². The van der Waals surface area contributed by atoms with Crippen LogP contribution in [0.1, 0.15) is 38.3 Å². The van der Waals surface area contributed by atoms with Crippen LogP contribution in [0.3, 0.4) is 0 Å². The highest BCUT2D eigenvalue weighted by atomic mass is 28.3. The van der Waals surface area contributed by atoms with E-state index in [0.29, 0.717) is 11.1 Å². The highest BCUT2D eigenvalue weighted by Crippen LogP contribution is 2.72. The number of hydrogen-bond donors (Lipinski definition) is 0. The van der Waals surface area contributed by atoms with Crippen molar-refractivity contribution in [3.8, 4) is 0 Å². The summed E-state index contributed by atoms with van der Waals surface area (Å²) in [6, 6.07) is 20.7. The number of esters is 2. The first-order valence-corrected chi connectivity index (χ1v) is 16.0. The van der Waals surface area contributed by atoms with Crippen molar-refractivity contribution in [2.75, 3.05) is 14.2 Å².